The molecule has 4 heteroatoms. The van der Waals surface area contributed by atoms with E-state index in [1.807, 2.05) is 13.0 Å². The van der Waals surface area contributed by atoms with Crippen LogP contribution >= 0.6 is 0 Å². The highest BCUT2D eigenvalue weighted by molar-refractivity contribution is 5.75. The van der Waals surface area contributed by atoms with Crippen LogP contribution in [-0.4, -0.2) is 6.29 Å². The first kappa shape index (κ1) is 13.2. The van der Waals surface area contributed by atoms with Crippen LogP contribution < -0.4 is 4.74 Å². The topological polar surface area (TPSA) is 26.3 Å². The maximum absolute atomic E-state index is 13.7. The molecule has 0 aliphatic rings. The van der Waals surface area contributed by atoms with Crippen molar-refractivity contribution in [1.82, 2.24) is 0 Å². The first-order valence-corrected chi connectivity index (χ1v) is 5.70. The van der Waals surface area contributed by atoms with E-state index in [0.717, 1.165) is 23.3 Å². The number of halogens is 2. The molecule has 2 aromatic carbocycles. The number of hydrogen-bond donors (Lipinski definition) is 0. The van der Waals surface area contributed by atoms with Crippen molar-refractivity contribution < 1.29 is 18.3 Å². The van der Waals surface area contributed by atoms with Gasteiger partial charge in [-0.2, -0.15) is 0 Å². The van der Waals surface area contributed by atoms with Crippen LogP contribution in [0.1, 0.15) is 21.5 Å². The molecule has 2 aromatic rings. The van der Waals surface area contributed by atoms with Gasteiger partial charge in [0.15, 0.2) is 17.4 Å². The van der Waals surface area contributed by atoms with Crippen molar-refractivity contribution in [3.05, 3.63) is 58.7 Å². The van der Waals surface area contributed by atoms with E-state index in [2.05, 4.69) is 0 Å². The minimum atomic E-state index is -0.901. The molecule has 0 aliphatic carbocycles. The van der Waals surface area contributed by atoms with Crippen molar-refractivity contribution in [3.63, 3.8) is 0 Å². The maximum Gasteiger partial charge on any atom is 0.198 e. The largest absolute Gasteiger partial charge is 0.451 e. The predicted octanol–water partition coefficient (Wildman–Crippen LogP) is 4.19. The van der Waals surface area contributed by atoms with Crippen molar-refractivity contribution in [1.29, 1.82) is 0 Å². The van der Waals surface area contributed by atoms with Gasteiger partial charge in [0, 0.05) is 5.56 Å². The van der Waals surface area contributed by atoms with Gasteiger partial charge in [-0.05, 0) is 37.6 Å². The summed E-state index contributed by atoms with van der Waals surface area (Å²) in [5.41, 5.74) is 1.74. The first-order valence-electron chi connectivity index (χ1n) is 5.70. The van der Waals surface area contributed by atoms with Crippen LogP contribution in [0.25, 0.3) is 0 Å². The van der Waals surface area contributed by atoms with Crippen molar-refractivity contribution >= 4 is 6.29 Å². The highest BCUT2D eigenvalue weighted by atomic mass is 19.1. The smallest absolute Gasteiger partial charge is 0.198 e. The summed E-state index contributed by atoms with van der Waals surface area (Å²) in [6, 6.07) is 7.17. The van der Waals surface area contributed by atoms with E-state index in [-0.39, 0.29) is 5.56 Å². The van der Waals surface area contributed by atoms with Crippen LogP contribution in [0.15, 0.2) is 30.3 Å². The lowest BCUT2D eigenvalue weighted by molar-refractivity contribution is 0.112. The number of carbonyl (C=O) groups excluding carboxylic acids is 1. The Morgan fingerprint density at radius 2 is 1.68 bits per heavy atom. The number of ether oxygens (including phenoxy) is 1. The summed E-state index contributed by atoms with van der Waals surface area (Å²) in [5.74, 6) is -1.93. The van der Waals surface area contributed by atoms with Crippen LogP contribution in [0, 0.1) is 25.5 Å². The van der Waals surface area contributed by atoms with E-state index in [0.29, 0.717) is 12.0 Å². The molecule has 0 atom stereocenters. The molecule has 2 nitrogen and oxygen atoms in total. The van der Waals surface area contributed by atoms with E-state index < -0.39 is 17.4 Å². The van der Waals surface area contributed by atoms with Crippen molar-refractivity contribution in [2.45, 2.75) is 13.8 Å². The number of aldehydes is 1. The summed E-state index contributed by atoms with van der Waals surface area (Å²) in [6.07, 6.45) is 0.382. The van der Waals surface area contributed by atoms with E-state index >= 15 is 0 Å². The second kappa shape index (κ2) is 5.18. The van der Waals surface area contributed by atoms with E-state index in [1.165, 1.54) is 0 Å². The Hall–Kier alpha value is -2.23. The molecule has 0 spiro atoms. The molecule has 0 N–H and O–H groups in total. The summed E-state index contributed by atoms with van der Waals surface area (Å²) in [6.45, 7) is 3.70. The SMILES string of the molecule is Cc1ccc(Oc2c(F)cc(C=O)cc2F)c(C)c1. The van der Waals surface area contributed by atoms with Crippen LogP contribution in [0.5, 0.6) is 11.5 Å². The fraction of sp³-hybridized carbons (Fsp3) is 0.133. The molecule has 2 rings (SSSR count). The minimum Gasteiger partial charge on any atom is -0.451 e. The van der Waals surface area contributed by atoms with Crippen molar-refractivity contribution in [3.8, 4) is 11.5 Å². The van der Waals surface area contributed by atoms with Gasteiger partial charge in [0.2, 0.25) is 0 Å². The average Bonchev–Trinajstić information content (AvgIpc) is 2.35. The minimum absolute atomic E-state index is 0.0667. The zero-order chi connectivity index (χ0) is 14.0. The monoisotopic (exact) mass is 262 g/mol. The third-order valence-corrected chi connectivity index (χ3v) is 2.70. The van der Waals surface area contributed by atoms with Gasteiger partial charge in [-0.3, -0.25) is 4.79 Å². The Kier molecular flexibility index (Phi) is 3.60. The molecule has 0 amide bonds. The van der Waals surface area contributed by atoms with Gasteiger partial charge in [-0.1, -0.05) is 17.7 Å². The molecule has 0 aromatic heterocycles. The number of carbonyl (C=O) groups is 1. The Morgan fingerprint density at radius 3 is 2.21 bits per heavy atom. The quantitative estimate of drug-likeness (QED) is 0.775. The van der Waals surface area contributed by atoms with Gasteiger partial charge in [-0.25, -0.2) is 8.78 Å². The Morgan fingerprint density at radius 1 is 1.05 bits per heavy atom. The third kappa shape index (κ3) is 2.78. The van der Waals surface area contributed by atoms with E-state index in [1.54, 1.807) is 19.1 Å². The molecule has 0 bridgehead atoms. The summed E-state index contributed by atoms with van der Waals surface area (Å²) in [4.78, 5) is 10.5. The number of rotatable bonds is 3. The zero-order valence-electron chi connectivity index (χ0n) is 10.5. The lowest BCUT2D eigenvalue weighted by Crippen LogP contribution is -1.96. The second-order valence-corrected chi connectivity index (χ2v) is 4.30. The lowest BCUT2D eigenvalue weighted by Gasteiger charge is -2.11. The summed E-state index contributed by atoms with van der Waals surface area (Å²) in [5, 5.41) is 0. The molecular weight excluding hydrogens is 250 g/mol. The molecule has 0 radical (unpaired) electrons. The average molecular weight is 262 g/mol. The number of hydrogen-bond acceptors (Lipinski definition) is 2. The molecule has 19 heavy (non-hydrogen) atoms. The van der Waals surface area contributed by atoms with Gasteiger partial charge in [0.25, 0.3) is 0 Å². The lowest BCUT2D eigenvalue weighted by atomic mass is 10.1. The Bertz CT molecular complexity index is 613. The molecule has 0 saturated carbocycles. The molecule has 98 valence electrons. The predicted molar refractivity (Wildman–Crippen MR) is 67.7 cm³/mol. The molecule has 0 unspecified atom stereocenters. The third-order valence-electron chi connectivity index (χ3n) is 2.70. The van der Waals surface area contributed by atoms with Crippen LogP contribution in [0.2, 0.25) is 0 Å². The normalized spacial score (nSPS) is 10.3. The van der Waals surface area contributed by atoms with Gasteiger partial charge in [0.1, 0.15) is 12.0 Å². The standard InChI is InChI=1S/C15H12F2O2/c1-9-3-4-14(10(2)5-9)19-15-12(16)6-11(8-18)7-13(15)17/h3-8H,1-2H3. The summed E-state index contributed by atoms with van der Waals surface area (Å²) >= 11 is 0. The molecular formula is C15H12F2O2. The maximum atomic E-state index is 13.7. The molecule has 0 heterocycles. The van der Waals surface area contributed by atoms with Gasteiger partial charge < -0.3 is 4.74 Å². The van der Waals surface area contributed by atoms with Crippen LogP contribution in [0.3, 0.4) is 0 Å². The Labute approximate surface area is 109 Å². The summed E-state index contributed by atoms with van der Waals surface area (Å²) in [7, 11) is 0. The van der Waals surface area contributed by atoms with Gasteiger partial charge in [-0.15, -0.1) is 0 Å². The molecule has 0 saturated heterocycles. The van der Waals surface area contributed by atoms with Crippen molar-refractivity contribution in [2.24, 2.45) is 0 Å². The van der Waals surface area contributed by atoms with E-state index in [4.69, 9.17) is 4.74 Å². The molecule has 0 fully saturated rings. The van der Waals surface area contributed by atoms with Crippen LogP contribution in [0.4, 0.5) is 8.78 Å². The molecule has 0 aliphatic heterocycles. The second-order valence-electron chi connectivity index (χ2n) is 4.30. The van der Waals surface area contributed by atoms with Crippen LogP contribution in [-0.2, 0) is 0 Å². The zero-order valence-corrected chi connectivity index (χ0v) is 10.5. The fourth-order valence-corrected chi connectivity index (χ4v) is 1.77. The fourth-order valence-electron chi connectivity index (χ4n) is 1.77. The number of benzene rings is 2. The van der Waals surface area contributed by atoms with Gasteiger partial charge in [0.05, 0.1) is 0 Å². The first-order chi connectivity index (χ1) is 9.01. The summed E-state index contributed by atoms with van der Waals surface area (Å²) < 4.78 is 32.6. The van der Waals surface area contributed by atoms with Crippen molar-refractivity contribution in [2.75, 3.05) is 0 Å². The Balaban J connectivity index is 2.41. The van der Waals surface area contributed by atoms with Gasteiger partial charge >= 0.3 is 0 Å². The highest BCUT2D eigenvalue weighted by Crippen LogP contribution is 2.30. The van der Waals surface area contributed by atoms with E-state index in [9.17, 15) is 13.6 Å². The number of aryl methyl sites for hydroxylation is 2. The highest BCUT2D eigenvalue weighted by Gasteiger charge is 2.14.